The van der Waals surface area contributed by atoms with Crippen molar-refractivity contribution in [2.45, 2.75) is 99.0 Å². The van der Waals surface area contributed by atoms with Gasteiger partial charge in [-0.2, -0.15) is 0 Å². The minimum Gasteiger partial charge on any atom is -0.507 e. The predicted octanol–water partition coefficient (Wildman–Crippen LogP) is 7.45. The van der Waals surface area contributed by atoms with Gasteiger partial charge in [-0.25, -0.2) is 0 Å². The lowest BCUT2D eigenvalue weighted by Gasteiger charge is -2.40. The molecule has 1 N–H and O–H groups in total. The number of nitrogens with zero attached hydrogens (tertiary/aromatic N) is 1. The molecule has 0 spiro atoms. The topological polar surface area (TPSA) is 23.5 Å². The number of phenols is 1. The fraction of sp³-hybridized carbons (Fsp3) is 0.769. The second kappa shape index (κ2) is 9.60. The van der Waals surface area contributed by atoms with Crippen molar-refractivity contribution in [3.8, 4) is 5.75 Å². The highest BCUT2D eigenvalue weighted by atomic mass is 35.5. The van der Waals surface area contributed by atoms with Gasteiger partial charge in [-0.05, 0) is 80.3 Å². The molecule has 3 unspecified atom stereocenters. The number of aromatic hydroxyl groups is 1. The van der Waals surface area contributed by atoms with Gasteiger partial charge in [0.25, 0.3) is 0 Å². The molecule has 2 bridgehead atoms. The molecule has 0 aromatic heterocycles. The zero-order chi connectivity index (χ0) is 20.5. The van der Waals surface area contributed by atoms with Crippen LogP contribution in [0.25, 0.3) is 0 Å². The summed E-state index contributed by atoms with van der Waals surface area (Å²) < 4.78 is 0. The number of fused-ring (bicyclic) bond motifs is 2. The van der Waals surface area contributed by atoms with Crippen molar-refractivity contribution in [1.82, 2.24) is 4.90 Å². The molecule has 3 heteroatoms. The van der Waals surface area contributed by atoms with E-state index < -0.39 is 0 Å². The predicted molar refractivity (Wildman–Crippen MR) is 127 cm³/mol. The summed E-state index contributed by atoms with van der Waals surface area (Å²) in [6.45, 7) is 17.3. The van der Waals surface area contributed by atoms with Gasteiger partial charge in [0, 0.05) is 12.1 Å². The summed E-state index contributed by atoms with van der Waals surface area (Å²) >= 11 is 0. The molecule has 2 saturated carbocycles. The van der Waals surface area contributed by atoms with E-state index in [4.69, 9.17) is 0 Å². The van der Waals surface area contributed by atoms with E-state index in [1.54, 1.807) is 0 Å². The quantitative estimate of drug-likeness (QED) is 0.447. The van der Waals surface area contributed by atoms with E-state index in [2.05, 4.69) is 58.6 Å². The van der Waals surface area contributed by atoms with Gasteiger partial charge in [-0.1, -0.05) is 65.2 Å². The van der Waals surface area contributed by atoms with Crippen LogP contribution in [0.5, 0.6) is 5.75 Å². The molecule has 3 atom stereocenters. The maximum Gasteiger partial charge on any atom is 0.123 e. The summed E-state index contributed by atoms with van der Waals surface area (Å²) in [7, 11) is 0. The first-order valence-electron chi connectivity index (χ1n) is 11.8. The summed E-state index contributed by atoms with van der Waals surface area (Å²) in [6, 6.07) is 4.51. The Morgan fingerprint density at radius 3 is 2.17 bits per heavy atom. The van der Waals surface area contributed by atoms with E-state index in [0.717, 1.165) is 31.1 Å². The van der Waals surface area contributed by atoms with E-state index in [1.807, 2.05) is 0 Å². The standard InChI is InChI=1S/C26H43NO.ClH/c1-7-9-13-27(14-10-8-2)18-20-15-19(3)16-22(24(20)28)23-17-21-11-12-26(23,6)25(21,4)5;/h15-16,21,23,28H,7-14,17-18H2,1-6H3;1H. The zero-order valence-electron chi connectivity index (χ0n) is 19.7. The Hall–Kier alpha value is -0.730. The van der Waals surface area contributed by atoms with Crippen LogP contribution in [0.4, 0.5) is 0 Å². The smallest absolute Gasteiger partial charge is 0.123 e. The van der Waals surface area contributed by atoms with E-state index >= 15 is 0 Å². The molecule has 0 amide bonds. The van der Waals surface area contributed by atoms with Gasteiger partial charge in [0.2, 0.25) is 0 Å². The number of hydrogen-bond acceptors (Lipinski definition) is 2. The van der Waals surface area contributed by atoms with Crippen LogP contribution in [-0.4, -0.2) is 23.1 Å². The zero-order valence-corrected chi connectivity index (χ0v) is 20.5. The number of rotatable bonds is 9. The molecule has 2 nitrogen and oxygen atoms in total. The van der Waals surface area contributed by atoms with Gasteiger partial charge in [-0.3, -0.25) is 4.90 Å². The number of halogens is 1. The highest BCUT2D eigenvalue weighted by Gasteiger charge is 2.61. The lowest BCUT2D eigenvalue weighted by molar-refractivity contribution is 0.133. The number of unbranched alkanes of at least 4 members (excludes halogenated alkanes) is 2. The van der Waals surface area contributed by atoms with Crippen molar-refractivity contribution in [3.05, 3.63) is 28.8 Å². The summed E-state index contributed by atoms with van der Waals surface area (Å²) in [5.74, 6) is 1.90. The van der Waals surface area contributed by atoms with Crippen molar-refractivity contribution in [2.75, 3.05) is 13.1 Å². The molecule has 29 heavy (non-hydrogen) atoms. The fourth-order valence-electron chi connectivity index (χ4n) is 6.22. The molecule has 1 aromatic rings. The highest BCUT2D eigenvalue weighted by molar-refractivity contribution is 5.85. The van der Waals surface area contributed by atoms with E-state index in [-0.39, 0.29) is 12.4 Å². The maximum atomic E-state index is 11.4. The summed E-state index contributed by atoms with van der Waals surface area (Å²) in [6.07, 6.45) is 8.84. The summed E-state index contributed by atoms with van der Waals surface area (Å²) in [5, 5.41) is 11.4. The van der Waals surface area contributed by atoms with Crippen LogP contribution in [0.1, 0.15) is 102 Å². The second-order valence-corrected chi connectivity index (χ2v) is 10.5. The van der Waals surface area contributed by atoms with E-state index in [1.165, 1.54) is 56.1 Å². The first-order valence-corrected chi connectivity index (χ1v) is 11.8. The van der Waals surface area contributed by atoms with Crippen LogP contribution in [0.15, 0.2) is 12.1 Å². The van der Waals surface area contributed by atoms with Gasteiger partial charge in [0.15, 0.2) is 0 Å². The van der Waals surface area contributed by atoms with Crippen LogP contribution < -0.4 is 0 Å². The van der Waals surface area contributed by atoms with Gasteiger partial charge in [-0.15, -0.1) is 12.4 Å². The molecule has 166 valence electrons. The Labute approximate surface area is 185 Å². The Kier molecular flexibility index (Phi) is 8.13. The monoisotopic (exact) mass is 421 g/mol. The molecular formula is C26H44ClNO. The van der Waals surface area contributed by atoms with Crippen LogP contribution in [0.2, 0.25) is 0 Å². The maximum absolute atomic E-state index is 11.4. The van der Waals surface area contributed by atoms with E-state index in [0.29, 0.717) is 22.5 Å². The Morgan fingerprint density at radius 2 is 1.69 bits per heavy atom. The number of aryl methyl sites for hydroxylation is 1. The third kappa shape index (κ3) is 4.49. The molecule has 3 rings (SSSR count). The van der Waals surface area contributed by atoms with Crippen molar-refractivity contribution >= 4 is 12.4 Å². The lowest BCUT2D eigenvalue weighted by Crippen LogP contribution is -2.31. The Balaban J connectivity index is 0.00000300. The van der Waals surface area contributed by atoms with Crippen LogP contribution >= 0.6 is 12.4 Å². The van der Waals surface area contributed by atoms with Crippen molar-refractivity contribution in [1.29, 1.82) is 0 Å². The number of hydrogen-bond donors (Lipinski definition) is 1. The highest BCUT2D eigenvalue weighted by Crippen LogP contribution is 2.71. The van der Waals surface area contributed by atoms with Crippen LogP contribution in [-0.2, 0) is 6.54 Å². The van der Waals surface area contributed by atoms with Crippen LogP contribution in [0, 0.1) is 23.7 Å². The molecule has 2 aliphatic carbocycles. The normalized spacial score (nSPS) is 27.4. The SMILES string of the molecule is CCCCN(CCCC)Cc1cc(C)cc(C2CC3CCC2(C)C3(C)C)c1O.Cl. The van der Waals surface area contributed by atoms with Crippen LogP contribution in [0.3, 0.4) is 0 Å². The molecule has 2 fully saturated rings. The molecule has 0 heterocycles. The van der Waals surface area contributed by atoms with Gasteiger partial charge >= 0.3 is 0 Å². The lowest BCUT2D eigenvalue weighted by atomic mass is 9.64. The number of phenolic OH excluding ortho intramolecular Hbond substituents is 1. The largest absolute Gasteiger partial charge is 0.507 e. The van der Waals surface area contributed by atoms with Crippen molar-refractivity contribution < 1.29 is 5.11 Å². The van der Waals surface area contributed by atoms with Gasteiger partial charge in [0.05, 0.1) is 0 Å². The number of benzene rings is 1. The Morgan fingerprint density at radius 1 is 1.07 bits per heavy atom. The van der Waals surface area contributed by atoms with Gasteiger partial charge in [0.1, 0.15) is 5.75 Å². The molecule has 0 saturated heterocycles. The summed E-state index contributed by atoms with van der Waals surface area (Å²) in [4.78, 5) is 2.55. The average Bonchev–Trinajstić information content (AvgIpc) is 2.99. The minimum atomic E-state index is 0. The molecule has 0 aliphatic heterocycles. The van der Waals surface area contributed by atoms with Crippen molar-refractivity contribution in [2.24, 2.45) is 16.7 Å². The molecule has 0 radical (unpaired) electrons. The average molecular weight is 422 g/mol. The molecule has 2 aliphatic rings. The molecular weight excluding hydrogens is 378 g/mol. The first-order chi connectivity index (χ1) is 13.2. The minimum absolute atomic E-state index is 0. The fourth-order valence-corrected chi connectivity index (χ4v) is 6.22. The first kappa shape index (κ1) is 24.5. The second-order valence-electron chi connectivity index (χ2n) is 10.5. The summed E-state index contributed by atoms with van der Waals surface area (Å²) in [5.41, 5.74) is 4.37. The Bertz CT molecular complexity index is 678. The third-order valence-corrected chi connectivity index (χ3v) is 8.58. The van der Waals surface area contributed by atoms with E-state index in [9.17, 15) is 5.11 Å². The van der Waals surface area contributed by atoms with Gasteiger partial charge < -0.3 is 5.11 Å². The van der Waals surface area contributed by atoms with Crippen molar-refractivity contribution in [3.63, 3.8) is 0 Å². The molecule has 1 aromatic carbocycles. The third-order valence-electron chi connectivity index (χ3n) is 8.58.